The van der Waals surface area contributed by atoms with Gasteiger partial charge in [-0.05, 0) is 61.1 Å². The molecule has 0 aromatic heterocycles. The Morgan fingerprint density at radius 2 is 1.94 bits per heavy atom. The average Bonchev–Trinajstić information content (AvgIpc) is 3.11. The van der Waals surface area contributed by atoms with E-state index in [4.69, 9.17) is 16.5 Å². The van der Waals surface area contributed by atoms with E-state index in [0.717, 1.165) is 42.5 Å². The average molecular weight is 489 g/mol. The first-order valence-corrected chi connectivity index (χ1v) is 12.2. The predicted molar refractivity (Wildman–Crippen MR) is 141 cm³/mol. The number of nitrogens with one attached hydrogen (secondary N) is 3. The molecule has 0 bridgehead atoms. The molecule has 3 rings (SSSR count). The molecule has 1 aromatic carbocycles. The van der Waals surface area contributed by atoms with E-state index in [2.05, 4.69) is 34.1 Å². The van der Waals surface area contributed by atoms with Gasteiger partial charge in [0.1, 0.15) is 6.04 Å². The number of fused-ring (bicyclic) bond motifs is 1. The van der Waals surface area contributed by atoms with Crippen LogP contribution in [0.15, 0.2) is 58.8 Å². The van der Waals surface area contributed by atoms with Crippen LogP contribution in [-0.4, -0.2) is 38.0 Å². The Labute approximate surface area is 208 Å². The zero-order valence-corrected chi connectivity index (χ0v) is 21.5. The van der Waals surface area contributed by atoms with Crippen molar-refractivity contribution in [1.82, 2.24) is 10.6 Å². The van der Waals surface area contributed by atoms with Crippen molar-refractivity contribution >= 4 is 29.1 Å². The number of amides is 2. The van der Waals surface area contributed by atoms with Crippen LogP contribution in [-0.2, 0) is 16.0 Å². The van der Waals surface area contributed by atoms with Crippen LogP contribution in [0.1, 0.15) is 52.0 Å². The van der Waals surface area contributed by atoms with Gasteiger partial charge in [0.15, 0.2) is 0 Å². The van der Waals surface area contributed by atoms with Crippen LogP contribution in [0.25, 0.3) is 0 Å². The number of rotatable bonds is 6. The van der Waals surface area contributed by atoms with Crippen molar-refractivity contribution in [2.45, 2.75) is 65.0 Å². The van der Waals surface area contributed by atoms with Gasteiger partial charge in [-0.15, -0.1) is 0 Å². The number of halogens is 1. The minimum absolute atomic E-state index is 0.00193. The molecule has 2 aliphatic rings. The fraction of sp³-hybridized carbons (Fsp3) is 0.462. The summed E-state index contributed by atoms with van der Waals surface area (Å²) in [6.07, 6.45) is 11.8. The summed E-state index contributed by atoms with van der Waals surface area (Å²) in [6, 6.07) is 5.39. The number of hydrogen-bond donors (Lipinski definition) is 3. The van der Waals surface area contributed by atoms with Gasteiger partial charge in [-0.1, -0.05) is 62.2 Å². The summed E-state index contributed by atoms with van der Waals surface area (Å²) in [5, 5.41) is 12.2. The number of nitroso groups, excluding NO2 is 1. The Balaban J connectivity index is 0.00000107. The first kappa shape index (κ1) is 29.1. The monoisotopic (exact) mass is 488 g/mol. The Morgan fingerprint density at radius 1 is 1.24 bits per heavy atom. The third kappa shape index (κ3) is 8.78. The standard InChI is InChI=1S/C23H28ClN3O2.C2H6.CH3NO/c1-3-5-19(15-6-4-7-16(9-8-15)22(28)25-2)27-23(29)21-12-10-17-14-18(24)11-13-20(17)26-21;1-2;1-2-3/h6-9,11,13-14,19,21,26H,3-5,10,12H2,1-2H3,(H,25,28)(H,27,29);1-2H3;1H3. The normalized spacial score (nSPS) is 16.8. The number of aryl methyl sites for hydroxylation is 1. The van der Waals surface area contributed by atoms with Crippen molar-refractivity contribution in [2.75, 3.05) is 19.4 Å². The molecule has 1 aliphatic carbocycles. The summed E-state index contributed by atoms with van der Waals surface area (Å²) < 4.78 is 0. The molecule has 1 heterocycles. The molecule has 34 heavy (non-hydrogen) atoms. The van der Waals surface area contributed by atoms with Crippen LogP contribution in [0.4, 0.5) is 5.69 Å². The Kier molecular flexibility index (Phi) is 13.5. The maximum Gasteiger partial charge on any atom is 0.250 e. The van der Waals surface area contributed by atoms with Crippen LogP contribution in [0.5, 0.6) is 0 Å². The fourth-order valence-electron chi connectivity index (χ4n) is 3.76. The number of benzene rings is 1. The highest BCUT2D eigenvalue weighted by Crippen LogP contribution is 2.28. The first-order valence-electron chi connectivity index (χ1n) is 11.8. The van der Waals surface area contributed by atoms with E-state index in [1.807, 2.05) is 50.3 Å². The van der Waals surface area contributed by atoms with Crippen LogP contribution >= 0.6 is 11.6 Å². The van der Waals surface area contributed by atoms with Gasteiger partial charge < -0.3 is 16.0 Å². The van der Waals surface area contributed by atoms with Crippen molar-refractivity contribution < 1.29 is 9.59 Å². The third-order valence-electron chi connectivity index (χ3n) is 5.35. The molecule has 0 fully saturated rings. The van der Waals surface area contributed by atoms with Crippen molar-refractivity contribution in [3.8, 4) is 0 Å². The molecule has 0 saturated heterocycles. The lowest BCUT2D eigenvalue weighted by Gasteiger charge is -2.29. The van der Waals surface area contributed by atoms with E-state index in [1.54, 1.807) is 7.05 Å². The quantitative estimate of drug-likeness (QED) is 0.472. The molecule has 0 spiro atoms. The van der Waals surface area contributed by atoms with Crippen LogP contribution < -0.4 is 16.0 Å². The maximum atomic E-state index is 13.0. The molecule has 1 aromatic rings. The molecule has 2 atom stereocenters. The van der Waals surface area contributed by atoms with Crippen molar-refractivity contribution in [3.63, 3.8) is 0 Å². The number of allylic oxidation sites excluding steroid dienone is 2. The minimum Gasteiger partial charge on any atom is -0.373 e. The number of carbonyl (C=O) groups is 2. The summed E-state index contributed by atoms with van der Waals surface area (Å²) in [5.74, 6) is -0.0979. The van der Waals surface area contributed by atoms with Gasteiger partial charge in [0.05, 0.1) is 13.1 Å². The van der Waals surface area contributed by atoms with Crippen LogP contribution in [0, 0.1) is 4.91 Å². The second-order valence-corrected chi connectivity index (χ2v) is 8.02. The van der Waals surface area contributed by atoms with Gasteiger partial charge in [0, 0.05) is 23.3 Å². The Hall–Kier alpha value is -2.93. The molecule has 3 N–H and O–H groups in total. The maximum absolute atomic E-state index is 13.0. The number of likely N-dealkylation sites (N-methyl/N-ethyl adjacent to an activating group) is 1. The molecular formula is C26H37ClN4O3. The van der Waals surface area contributed by atoms with Crippen molar-refractivity contribution in [2.24, 2.45) is 5.18 Å². The minimum atomic E-state index is -0.266. The van der Waals surface area contributed by atoms with Gasteiger partial charge in [0.2, 0.25) is 5.91 Å². The van der Waals surface area contributed by atoms with E-state index < -0.39 is 0 Å². The number of anilines is 1. The molecule has 0 saturated carbocycles. The lowest BCUT2D eigenvalue weighted by Crippen LogP contribution is -2.46. The fourth-order valence-corrected chi connectivity index (χ4v) is 3.96. The molecule has 8 heteroatoms. The van der Waals surface area contributed by atoms with Gasteiger partial charge in [-0.2, -0.15) is 4.91 Å². The summed E-state index contributed by atoms with van der Waals surface area (Å²) >= 11 is 6.07. The second kappa shape index (κ2) is 15.8. The second-order valence-electron chi connectivity index (χ2n) is 7.58. The van der Waals surface area contributed by atoms with Crippen LogP contribution in [0.2, 0.25) is 5.02 Å². The third-order valence-corrected chi connectivity index (χ3v) is 5.58. The molecule has 7 nitrogen and oxygen atoms in total. The highest BCUT2D eigenvalue weighted by molar-refractivity contribution is 6.30. The molecular weight excluding hydrogens is 452 g/mol. The van der Waals surface area contributed by atoms with E-state index >= 15 is 0 Å². The van der Waals surface area contributed by atoms with E-state index in [-0.39, 0.29) is 23.9 Å². The zero-order valence-electron chi connectivity index (χ0n) is 20.8. The lowest BCUT2D eigenvalue weighted by atomic mass is 9.96. The topological polar surface area (TPSA) is 99.7 Å². The van der Waals surface area contributed by atoms with E-state index in [0.29, 0.717) is 17.0 Å². The summed E-state index contributed by atoms with van der Waals surface area (Å²) in [4.78, 5) is 33.4. The van der Waals surface area contributed by atoms with Crippen molar-refractivity contribution in [1.29, 1.82) is 0 Å². The Morgan fingerprint density at radius 3 is 2.59 bits per heavy atom. The lowest BCUT2D eigenvalue weighted by molar-refractivity contribution is -0.122. The molecule has 2 unspecified atom stereocenters. The molecule has 0 radical (unpaired) electrons. The highest BCUT2D eigenvalue weighted by atomic mass is 35.5. The highest BCUT2D eigenvalue weighted by Gasteiger charge is 2.26. The van der Waals surface area contributed by atoms with E-state index in [9.17, 15) is 9.59 Å². The van der Waals surface area contributed by atoms with E-state index in [1.165, 1.54) is 7.05 Å². The van der Waals surface area contributed by atoms with Gasteiger partial charge in [-0.3, -0.25) is 9.59 Å². The predicted octanol–water partition coefficient (Wildman–Crippen LogP) is 5.32. The largest absolute Gasteiger partial charge is 0.373 e. The Bertz CT molecular complexity index is 925. The summed E-state index contributed by atoms with van der Waals surface area (Å²) in [5.41, 5.74) is 3.80. The SMILES string of the molecule is CC.CCCC(NC(=O)C1CCc2cc(Cl)ccc2N1)C1=CCC=C(C(=O)NC)C=C1.CN=O. The molecule has 1 aliphatic heterocycles. The zero-order chi connectivity index (χ0) is 25.5. The molecule has 186 valence electrons. The smallest absolute Gasteiger partial charge is 0.250 e. The first-order chi connectivity index (χ1) is 16.4. The van der Waals surface area contributed by atoms with Gasteiger partial charge in [0.25, 0.3) is 5.91 Å². The number of carbonyl (C=O) groups excluding carboxylic acids is 2. The molecule has 2 amide bonds. The summed E-state index contributed by atoms with van der Waals surface area (Å²) in [6.45, 7) is 6.10. The van der Waals surface area contributed by atoms with Crippen LogP contribution in [0.3, 0.4) is 0 Å². The van der Waals surface area contributed by atoms with Crippen molar-refractivity contribution in [3.05, 3.63) is 69.1 Å². The number of nitrogens with zero attached hydrogens (tertiary/aromatic N) is 1. The summed E-state index contributed by atoms with van der Waals surface area (Å²) in [7, 11) is 2.82. The van der Waals surface area contributed by atoms with Gasteiger partial charge in [-0.25, -0.2) is 0 Å². The van der Waals surface area contributed by atoms with Gasteiger partial charge >= 0.3 is 0 Å². The number of hydrogen-bond acceptors (Lipinski definition) is 5.